The van der Waals surface area contributed by atoms with E-state index in [1.54, 1.807) is 25.1 Å². The molecule has 0 amide bonds. The second-order valence-electron chi connectivity index (χ2n) is 12.8. The molecule has 270 valence electrons. The van der Waals surface area contributed by atoms with Crippen molar-refractivity contribution in [1.82, 2.24) is 10.2 Å². The van der Waals surface area contributed by atoms with Gasteiger partial charge in [-0.1, -0.05) is 52.4 Å². The molecule has 11 heteroatoms. The van der Waals surface area contributed by atoms with Gasteiger partial charge < -0.3 is 23.4 Å². The molecule has 0 atom stereocenters. The maximum Gasteiger partial charge on any atom is 0.347 e. The Morgan fingerprint density at radius 2 is 1.19 bits per heavy atom. The zero-order valence-corrected chi connectivity index (χ0v) is 30.8. The van der Waals surface area contributed by atoms with Crippen molar-refractivity contribution in [2.75, 3.05) is 13.2 Å². The minimum atomic E-state index is -0.797. The number of esters is 1. The predicted molar refractivity (Wildman–Crippen MR) is 195 cm³/mol. The minimum Gasteiger partial charge on any atom is -0.493 e. The third-order valence-electron chi connectivity index (χ3n) is 8.28. The van der Waals surface area contributed by atoms with Crippen LogP contribution in [0.5, 0.6) is 23.0 Å². The highest BCUT2D eigenvalue weighted by Gasteiger charge is 2.25. The number of carbonyl (C=O) groups is 1. The van der Waals surface area contributed by atoms with Crippen molar-refractivity contribution in [3.8, 4) is 64.1 Å². The van der Waals surface area contributed by atoms with Crippen LogP contribution in [0.3, 0.4) is 0 Å². The molecule has 0 aliphatic heterocycles. The van der Waals surface area contributed by atoms with E-state index in [1.807, 2.05) is 20.8 Å². The Bertz CT molecular complexity index is 2000. The molecule has 0 radical (unpaired) electrons. The Labute approximate surface area is 305 Å². The summed E-state index contributed by atoms with van der Waals surface area (Å²) in [5.41, 5.74) is 3.00. The van der Waals surface area contributed by atoms with Gasteiger partial charge in [-0.25, -0.2) is 4.79 Å². The standard InChI is InChI=1S/C41H45N5O6/c1-7-9-11-13-15-48-36-17-27(5)29(23-42)19-32(36)39-45-46-40(52-39)33-21-31(25-44)35(22-38(33)50-26(3)4)51-41(47)34-20-30(24-43)28(6)18-37(34)49-16-14-12-10-8-2/h17-22,26H,7-16H2,1-6H3. The molecule has 0 unspecified atom stereocenters. The second-order valence-corrected chi connectivity index (χ2v) is 12.8. The summed E-state index contributed by atoms with van der Waals surface area (Å²) in [7, 11) is 0. The summed E-state index contributed by atoms with van der Waals surface area (Å²) in [5.74, 6) is 0.353. The molecule has 1 aromatic heterocycles. The number of hydrogen-bond acceptors (Lipinski definition) is 11. The highest BCUT2D eigenvalue weighted by molar-refractivity contribution is 5.95. The fourth-order valence-electron chi connectivity index (χ4n) is 5.44. The van der Waals surface area contributed by atoms with Crippen molar-refractivity contribution in [1.29, 1.82) is 15.8 Å². The summed E-state index contributed by atoms with van der Waals surface area (Å²) in [5, 5.41) is 38.1. The van der Waals surface area contributed by atoms with E-state index < -0.39 is 5.97 Å². The topological polar surface area (TPSA) is 164 Å². The quantitative estimate of drug-likeness (QED) is 0.0550. The summed E-state index contributed by atoms with van der Waals surface area (Å²) in [4.78, 5) is 13.7. The maximum atomic E-state index is 13.7. The van der Waals surface area contributed by atoms with E-state index in [4.69, 9.17) is 23.4 Å². The molecule has 0 spiro atoms. The molecule has 0 fully saturated rings. The number of ether oxygens (including phenoxy) is 4. The summed E-state index contributed by atoms with van der Waals surface area (Å²) in [6.07, 6.45) is 7.77. The van der Waals surface area contributed by atoms with Gasteiger partial charge in [0, 0.05) is 6.07 Å². The van der Waals surface area contributed by atoms with Crippen LogP contribution in [0.25, 0.3) is 22.9 Å². The Kier molecular flexibility index (Phi) is 14.2. The third-order valence-corrected chi connectivity index (χ3v) is 8.28. The van der Waals surface area contributed by atoms with Gasteiger partial charge in [-0.15, -0.1) is 10.2 Å². The van der Waals surface area contributed by atoms with E-state index in [2.05, 4.69) is 42.3 Å². The molecule has 11 nitrogen and oxygen atoms in total. The number of nitrogens with zero attached hydrogens (tertiary/aromatic N) is 5. The van der Waals surface area contributed by atoms with Gasteiger partial charge in [-0.05, 0) is 82.0 Å². The number of aromatic nitrogens is 2. The maximum absolute atomic E-state index is 13.7. The highest BCUT2D eigenvalue weighted by atomic mass is 16.5. The number of unbranched alkanes of at least 4 members (excludes halogenated alkanes) is 6. The molecule has 0 N–H and O–H groups in total. The van der Waals surface area contributed by atoms with Gasteiger partial charge in [0.15, 0.2) is 5.75 Å². The Hall–Kier alpha value is -5.86. The van der Waals surface area contributed by atoms with Crippen LogP contribution in [-0.4, -0.2) is 35.5 Å². The number of nitriles is 3. The third kappa shape index (κ3) is 9.89. The molecule has 0 bridgehead atoms. The van der Waals surface area contributed by atoms with Crippen molar-refractivity contribution in [3.05, 3.63) is 69.8 Å². The first-order valence-electron chi connectivity index (χ1n) is 17.8. The van der Waals surface area contributed by atoms with Crippen LogP contribution in [0.4, 0.5) is 0 Å². The Morgan fingerprint density at radius 3 is 1.75 bits per heavy atom. The Balaban J connectivity index is 1.70. The highest BCUT2D eigenvalue weighted by Crippen LogP contribution is 2.40. The second kappa shape index (κ2) is 18.9. The van der Waals surface area contributed by atoms with E-state index in [1.165, 1.54) is 18.2 Å². The SMILES string of the molecule is CCCCCCOc1cc(C)c(C#N)cc1C(=O)Oc1cc(OC(C)C)c(-c2nnc(-c3cc(C#N)c(C)cc3OCCCCCC)o2)cc1C#N. The zero-order valence-electron chi connectivity index (χ0n) is 30.8. The molecule has 0 aliphatic carbocycles. The molecular weight excluding hydrogens is 658 g/mol. The van der Waals surface area contributed by atoms with E-state index in [-0.39, 0.29) is 40.5 Å². The number of hydrogen-bond donors (Lipinski definition) is 0. The monoisotopic (exact) mass is 703 g/mol. The molecular formula is C41H45N5O6. The summed E-state index contributed by atoms with van der Waals surface area (Å²) >= 11 is 0. The molecule has 4 aromatic rings. The van der Waals surface area contributed by atoms with Crippen LogP contribution < -0.4 is 18.9 Å². The summed E-state index contributed by atoms with van der Waals surface area (Å²) in [6.45, 7) is 12.4. The molecule has 52 heavy (non-hydrogen) atoms. The van der Waals surface area contributed by atoms with Gasteiger partial charge in [0.25, 0.3) is 11.8 Å². The fraction of sp³-hybridized carbons (Fsp3) is 0.415. The van der Waals surface area contributed by atoms with Crippen LogP contribution in [0.15, 0.2) is 40.8 Å². The average molecular weight is 704 g/mol. The number of rotatable bonds is 18. The van der Waals surface area contributed by atoms with Gasteiger partial charge in [0.05, 0.1) is 59.3 Å². The lowest BCUT2D eigenvalue weighted by atomic mass is 10.0. The number of aryl methyl sites for hydroxylation is 2. The van der Waals surface area contributed by atoms with Gasteiger partial charge in [-0.2, -0.15) is 15.8 Å². The molecule has 0 saturated heterocycles. The normalized spacial score (nSPS) is 10.7. The largest absolute Gasteiger partial charge is 0.493 e. The molecule has 0 saturated carbocycles. The van der Waals surface area contributed by atoms with Crippen LogP contribution >= 0.6 is 0 Å². The van der Waals surface area contributed by atoms with Crippen LogP contribution in [-0.2, 0) is 0 Å². The Morgan fingerprint density at radius 1 is 0.673 bits per heavy atom. The first-order chi connectivity index (χ1) is 25.1. The van der Waals surface area contributed by atoms with Crippen molar-refractivity contribution >= 4 is 5.97 Å². The first-order valence-corrected chi connectivity index (χ1v) is 17.8. The predicted octanol–water partition coefficient (Wildman–Crippen LogP) is 9.56. The van der Waals surface area contributed by atoms with E-state index >= 15 is 0 Å². The minimum absolute atomic E-state index is 0.00654. The van der Waals surface area contributed by atoms with Gasteiger partial charge in [0.2, 0.25) is 0 Å². The molecule has 0 aliphatic rings. The van der Waals surface area contributed by atoms with E-state index in [0.29, 0.717) is 52.5 Å². The first kappa shape index (κ1) is 38.9. The van der Waals surface area contributed by atoms with Crippen LogP contribution in [0.1, 0.15) is 117 Å². The lowest BCUT2D eigenvalue weighted by Gasteiger charge is -2.16. The average Bonchev–Trinajstić information content (AvgIpc) is 3.61. The van der Waals surface area contributed by atoms with Gasteiger partial charge >= 0.3 is 5.97 Å². The van der Waals surface area contributed by atoms with Crippen molar-refractivity contribution < 1.29 is 28.2 Å². The summed E-state index contributed by atoms with van der Waals surface area (Å²) in [6, 6.07) is 15.8. The fourth-order valence-corrected chi connectivity index (χ4v) is 5.44. The number of carbonyl (C=O) groups excluding carboxylic acids is 1. The van der Waals surface area contributed by atoms with Crippen LogP contribution in [0.2, 0.25) is 0 Å². The van der Waals surface area contributed by atoms with Gasteiger partial charge in [0.1, 0.15) is 28.9 Å². The molecule has 3 aromatic carbocycles. The molecule has 4 rings (SSSR count). The zero-order chi connectivity index (χ0) is 37.6. The van der Waals surface area contributed by atoms with Crippen molar-refractivity contribution in [2.24, 2.45) is 0 Å². The summed E-state index contributed by atoms with van der Waals surface area (Å²) < 4.78 is 30.2. The van der Waals surface area contributed by atoms with Crippen molar-refractivity contribution in [3.63, 3.8) is 0 Å². The lowest BCUT2D eigenvalue weighted by Crippen LogP contribution is -2.14. The number of benzene rings is 3. The van der Waals surface area contributed by atoms with Crippen molar-refractivity contribution in [2.45, 2.75) is 99.0 Å². The van der Waals surface area contributed by atoms with Gasteiger partial charge in [-0.3, -0.25) is 0 Å². The van der Waals surface area contributed by atoms with E-state index in [9.17, 15) is 20.6 Å². The van der Waals surface area contributed by atoms with Crippen LogP contribution in [0, 0.1) is 47.8 Å². The lowest BCUT2D eigenvalue weighted by molar-refractivity contribution is 0.0729. The molecule has 1 heterocycles. The van der Waals surface area contributed by atoms with E-state index in [0.717, 1.165) is 56.9 Å². The smallest absolute Gasteiger partial charge is 0.347 e.